The zero-order valence-electron chi connectivity index (χ0n) is 11.4. The molecule has 1 aromatic carbocycles. The van der Waals surface area contributed by atoms with Crippen molar-refractivity contribution in [2.75, 3.05) is 0 Å². The lowest BCUT2D eigenvalue weighted by Gasteiger charge is -2.14. The summed E-state index contributed by atoms with van der Waals surface area (Å²) >= 11 is 6.26. The summed E-state index contributed by atoms with van der Waals surface area (Å²) in [5.74, 6) is -0.548. The molecule has 20 heavy (non-hydrogen) atoms. The average molecular weight is 293 g/mol. The number of nitrogens with zero attached hydrogens (tertiary/aromatic N) is 2. The van der Waals surface area contributed by atoms with Crippen molar-refractivity contribution in [1.29, 1.82) is 0 Å². The lowest BCUT2D eigenvalue weighted by molar-refractivity contribution is 0.0995. The van der Waals surface area contributed by atoms with Crippen molar-refractivity contribution in [2.45, 2.75) is 26.4 Å². The van der Waals surface area contributed by atoms with E-state index < -0.39 is 5.91 Å². The molecule has 6 heteroatoms. The van der Waals surface area contributed by atoms with E-state index in [4.69, 9.17) is 17.3 Å². The van der Waals surface area contributed by atoms with Gasteiger partial charge in [-0.05, 0) is 18.2 Å². The van der Waals surface area contributed by atoms with Crippen LogP contribution in [0.15, 0.2) is 30.5 Å². The highest BCUT2D eigenvalue weighted by atomic mass is 35.5. The molecule has 5 nitrogen and oxygen atoms in total. The number of nitrogens with two attached hydrogens (primary N) is 1. The Morgan fingerprint density at radius 1 is 1.45 bits per heavy atom. The van der Waals surface area contributed by atoms with Crippen LogP contribution < -0.4 is 11.1 Å². The van der Waals surface area contributed by atoms with Crippen molar-refractivity contribution in [3.63, 3.8) is 0 Å². The van der Waals surface area contributed by atoms with Crippen LogP contribution >= 0.6 is 11.6 Å². The Bertz CT molecular complexity index is 621. The monoisotopic (exact) mass is 292 g/mol. The molecule has 0 aliphatic heterocycles. The Hall–Kier alpha value is -1.85. The Morgan fingerprint density at radius 2 is 2.20 bits per heavy atom. The van der Waals surface area contributed by atoms with Crippen LogP contribution in [-0.2, 0) is 6.54 Å². The second-order valence-corrected chi connectivity index (χ2v) is 5.19. The van der Waals surface area contributed by atoms with Crippen molar-refractivity contribution >= 4 is 17.5 Å². The Kier molecular flexibility index (Phi) is 4.42. The predicted molar refractivity (Wildman–Crippen MR) is 79.1 cm³/mol. The molecule has 0 unspecified atom stereocenters. The maximum Gasteiger partial charge on any atom is 0.269 e. The molecule has 0 radical (unpaired) electrons. The third kappa shape index (κ3) is 3.18. The summed E-state index contributed by atoms with van der Waals surface area (Å²) in [6, 6.07) is 7.52. The lowest BCUT2D eigenvalue weighted by Crippen LogP contribution is -2.23. The third-order valence-electron chi connectivity index (χ3n) is 2.87. The molecule has 0 saturated heterocycles. The normalized spacial score (nSPS) is 11.0. The maximum atomic E-state index is 11.1. The Balaban J connectivity index is 2.39. The summed E-state index contributed by atoms with van der Waals surface area (Å²) in [5, 5.41) is 8.15. The molecule has 0 spiro atoms. The van der Waals surface area contributed by atoms with Crippen LogP contribution in [0.5, 0.6) is 0 Å². The van der Waals surface area contributed by atoms with Gasteiger partial charge in [-0.1, -0.05) is 31.5 Å². The Labute approximate surface area is 122 Å². The van der Waals surface area contributed by atoms with Crippen molar-refractivity contribution < 1.29 is 4.79 Å². The summed E-state index contributed by atoms with van der Waals surface area (Å²) in [5.41, 5.74) is 7.21. The fourth-order valence-corrected chi connectivity index (χ4v) is 2.07. The number of primary amides is 1. The van der Waals surface area contributed by atoms with E-state index in [2.05, 4.69) is 24.3 Å². The van der Waals surface area contributed by atoms with Crippen LogP contribution in [0, 0.1) is 0 Å². The van der Waals surface area contributed by atoms with Gasteiger partial charge in [-0.15, -0.1) is 0 Å². The van der Waals surface area contributed by atoms with Gasteiger partial charge in [-0.3, -0.25) is 4.79 Å². The SMILES string of the molecule is CC(C)NCc1c(Cl)cccc1-n1ccc(C(N)=O)n1. The number of carbonyl (C=O) groups is 1. The smallest absolute Gasteiger partial charge is 0.269 e. The molecular formula is C14H17ClN4O. The van der Waals surface area contributed by atoms with Gasteiger partial charge in [0.1, 0.15) is 5.69 Å². The molecule has 3 N–H and O–H groups in total. The molecule has 2 rings (SSSR count). The van der Waals surface area contributed by atoms with Crippen LogP contribution in [0.4, 0.5) is 0 Å². The Morgan fingerprint density at radius 3 is 2.80 bits per heavy atom. The highest BCUT2D eigenvalue weighted by molar-refractivity contribution is 6.31. The third-order valence-corrected chi connectivity index (χ3v) is 3.22. The van der Waals surface area contributed by atoms with Crippen LogP contribution in [0.2, 0.25) is 5.02 Å². The first-order chi connectivity index (χ1) is 9.49. The summed E-state index contributed by atoms with van der Waals surface area (Å²) in [4.78, 5) is 11.1. The molecule has 0 aliphatic carbocycles. The average Bonchev–Trinajstić information content (AvgIpc) is 2.86. The first-order valence-electron chi connectivity index (χ1n) is 6.35. The standard InChI is InChI=1S/C14H17ClN4O/c1-9(2)17-8-10-11(15)4-3-5-13(10)19-7-6-12(18-19)14(16)20/h3-7,9,17H,8H2,1-2H3,(H2,16,20). The van der Waals surface area contributed by atoms with E-state index in [0.29, 0.717) is 17.6 Å². The number of hydrogen-bond acceptors (Lipinski definition) is 3. The number of aromatic nitrogens is 2. The second-order valence-electron chi connectivity index (χ2n) is 4.78. The fourth-order valence-electron chi connectivity index (χ4n) is 1.83. The molecular weight excluding hydrogens is 276 g/mol. The van der Waals surface area contributed by atoms with Gasteiger partial charge in [0.25, 0.3) is 5.91 Å². The highest BCUT2D eigenvalue weighted by Gasteiger charge is 2.12. The molecule has 0 atom stereocenters. The van der Waals surface area contributed by atoms with E-state index in [1.165, 1.54) is 0 Å². The number of nitrogens with one attached hydrogen (secondary N) is 1. The minimum Gasteiger partial charge on any atom is -0.364 e. The van der Waals surface area contributed by atoms with Crippen LogP contribution in [0.3, 0.4) is 0 Å². The zero-order chi connectivity index (χ0) is 14.7. The van der Waals surface area contributed by atoms with Gasteiger partial charge in [0.2, 0.25) is 0 Å². The zero-order valence-corrected chi connectivity index (χ0v) is 12.2. The quantitative estimate of drug-likeness (QED) is 0.886. The topological polar surface area (TPSA) is 72.9 Å². The molecule has 2 aromatic rings. The van der Waals surface area contributed by atoms with Gasteiger partial charge in [-0.2, -0.15) is 5.10 Å². The van der Waals surface area contributed by atoms with Crippen molar-refractivity contribution in [1.82, 2.24) is 15.1 Å². The van der Waals surface area contributed by atoms with Gasteiger partial charge in [0.05, 0.1) is 5.69 Å². The summed E-state index contributed by atoms with van der Waals surface area (Å²) in [6.45, 7) is 4.75. The van der Waals surface area contributed by atoms with Crippen LogP contribution in [0.1, 0.15) is 29.9 Å². The van der Waals surface area contributed by atoms with E-state index in [1.54, 1.807) is 16.9 Å². The van der Waals surface area contributed by atoms with Crippen molar-refractivity contribution in [2.24, 2.45) is 5.73 Å². The number of hydrogen-bond donors (Lipinski definition) is 2. The molecule has 0 bridgehead atoms. The molecule has 0 saturated carbocycles. The summed E-state index contributed by atoms with van der Waals surface area (Å²) in [7, 11) is 0. The second kappa shape index (κ2) is 6.07. The van der Waals surface area contributed by atoms with Gasteiger partial charge in [0, 0.05) is 29.4 Å². The lowest BCUT2D eigenvalue weighted by atomic mass is 10.1. The maximum absolute atomic E-state index is 11.1. The fraction of sp³-hybridized carbons (Fsp3) is 0.286. The largest absolute Gasteiger partial charge is 0.364 e. The van der Waals surface area contributed by atoms with Gasteiger partial charge >= 0.3 is 0 Å². The van der Waals surface area contributed by atoms with Gasteiger partial charge in [0.15, 0.2) is 0 Å². The van der Waals surface area contributed by atoms with Gasteiger partial charge in [-0.25, -0.2) is 4.68 Å². The number of amides is 1. The van der Waals surface area contributed by atoms with E-state index >= 15 is 0 Å². The number of rotatable bonds is 5. The molecule has 106 valence electrons. The van der Waals surface area contributed by atoms with Crippen molar-refractivity contribution in [3.8, 4) is 5.69 Å². The van der Waals surface area contributed by atoms with E-state index in [1.807, 2.05) is 18.2 Å². The van der Waals surface area contributed by atoms with Gasteiger partial charge < -0.3 is 11.1 Å². The highest BCUT2D eigenvalue weighted by Crippen LogP contribution is 2.23. The van der Waals surface area contributed by atoms with E-state index in [0.717, 1.165) is 11.3 Å². The van der Waals surface area contributed by atoms with Crippen molar-refractivity contribution in [3.05, 3.63) is 46.7 Å². The minimum atomic E-state index is -0.548. The molecule has 0 aliphatic rings. The summed E-state index contributed by atoms with van der Waals surface area (Å²) < 4.78 is 1.61. The molecule has 1 aromatic heterocycles. The molecule has 1 heterocycles. The predicted octanol–water partition coefficient (Wildman–Crippen LogP) is 2.12. The van der Waals surface area contributed by atoms with Crippen LogP contribution in [0.25, 0.3) is 5.69 Å². The first-order valence-corrected chi connectivity index (χ1v) is 6.73. The number of benzene rings is 1. The number of carbonyl (C=O) groups excluding carboxylic acids is 1. The van der Waals surface area contributed by atoms with E-state index in [9.17, 15) is 4.79 Å². The molecule has 1 amide bonds. The number of halogens is 1. The minimum absolute atomic E-state index is 0.229. The van der Waals surface area contributed by atoms with E-state index in [-0.39, 0.29) is 5.69 Å². The molecule has 0 fully saturated rings. The first kappa shape index (κ1) is 14.6. The summed E-state index contributed by atoms with van der Waals surface area (Å²) in [6.07, 6.45) is 1.70. The van der Waals surface area contributed by atoms with Crippen LogP contribution in [-0.4, -0.2) is 21.7 Å².